The minimum absolute atomic E-state index is 0.0782. The van der Waals surface area contributed by atoms with Crippen molar-refractivity contribution in [1.82, 2.24) is 10.2 Å². The second-order valence-electron chi connectivity index (χ2n) is 4.41. The monoisotopic (exact) mass is 201 g/mol. The fourth-order valence-electron chi connectivity index (χ4n) is 1.13. The molecule has 0 rings (SSSR count). The first-order valence-corrected chi connectivity index (χ1v) is 5.05. The molecule has 4 heteroatoms. The Balaban J connectivity index is 4.16. The van der Waals surface area contributed by atoms with Crippen molar-refractivity contribution >= 4 is 5.91 Å². The molecule has 0 aromatic heterocycles. The second-order valence-corrected chi connectivity index (χ2v) is 4.41. The lowest BCUT2D eigenvalue weighted by Gasteiger charge is -2.26. The van der Waals surface area contributed by atoms with Gasteiger partial charge in [0.25, 0.3) is 0 Å². The van der Waals surface area contributed by atoms with E-state index in [1.165, 1.54) is 0 Å². The third-order valence-electron chi connectivity index (χ3n) is 2.11. The molecule has 0 aliphatic heterocycles. The number of hydrogen-bond donors (Lipinski definition) is 2. The van der Waals surface area contributed by atoms with Crippen LogP contribution >= 0.6 is 0 Å². The minimum Gasteiger partial charge on any atom is -0.350 e. The number of carbonyl (C=O) groups is 1. The zero-order valence-corrected chi connectivity index (χ0v) is 9.87. The molecular formula is C10H23N3O. The maximum Gasteiger partial charge on any atom is 0.236 e. The summed E-state index contributed by atoms with van der Waals surface area (Å²) in [6.07, 6.45) is 0. The van der Waals surface area contributed by atoms with Crippen LogP contribution in [0.15, 0.2) is 0 Å². The van der Waals surface area contributed by atoms with Crippen LogP contribution in [0.5, 0.6) is 0 Å². The van der Waals surface area contributed by atoms with Crippen LogP contribution in [0, 0.1) is 5.92 Å². The van der Waals surface area contributed by atoms with Crippen molar-refractivity contribution in [2.75, 3.05) is 20.6 Å². The van der Waals surface area contributed by atoms with Crippen LogP contribution < -0.4 is 11.1 Å². The van der Waals surface area contributed by atoms with Crippen molar-refractivity contribution in [3.05, 3.63) is 0 Å². The van der Waals surface area contributed by atoms with Gasteiger partial charge in [0.15, 0.2) is 0 Å². The zero-order valence-electron chi connectivity index (χ0n) is 9.87. The molecule has 4 nitrogen and oxygen atoms in total. The first-order valence-electron chi connectivity index (χ1n) is 5.05. The van der Waals surface area contributed by atoms with Gasteiger partial charge < -0.3 is 16.0 Å². The van der Waals surface area contributed by atoms with Gasteiger partial charge in [-0.15, -0.1) is 0 Å². The molecule has 14 heavy (non-hydrogen) atoms. The van der Waals surface area contributed by atoms with Gasteiger partial charge in [0, 0.05) is 12.6 Å². The Labute approximate surface area is 86.8 Å². The molecule has 0 aliphatic carbocycles. The molecule has 2 atom stereocenters. The number of amides is 1. The minimum atomic E-state index is -0.432. The summed E-state index contributed by atoms with van der Waals surface area (Å²) in [4.78, 5) is 13.4. The smallest absolute Gasteiger partial charge is 0.236 e. The predicted molar refractivity (Wildman–Crippen MR) is 59.0 cm³/mol. The van der Waals surface area contributed by atoms with Crippen LogP contribution in [0.1, 0.15) is 20.8 Å². The van der Waals surface area contributed by atoms with E-state index in [0.29, 0.717) is 5.92 Å². The fraction of sp³-hybridized carbons (Fsp3) is 0.900. The highest BCUT2D eigenvalue weighted by Crippen LogP contribution is 2.02. The van der Waals surface area contributed by atoms with Crippen molar-refractivity contribution in [2.45, 2.75) is 32.9 Å². The summed E-state index contributed by atoms with van der Waals surface area (Å²) in [6.45, 7) is 6.73. The van der Waals surface area contributed by atoms with Crippen molar-refractivity contribution in [3.63, 3.8) is 0 Å². The van der Waals surface area contributed by atoms with Crippen LogP contribution in [-0.4, -0.2) is 43.5 Å². The molecule has 0 heterocycles. The molecule has 0 aliphatic rings. The van der Waals surface area contributed by atoms with Crippen molar-refractivity contribution in [1.29, 1.82) is 0 Å². The molecule has 0 aromatic rings. The Morgan fingerprint density at radius 2 is 1.86 bits per heavy atom. The first kappa shape index (κ1) is 13.4. The number of nitrogens with two attached hydrogens (primary N) is 1. The molecule has 0 radical (unpaired) electrons. The van der Waals surface area contributed by atoms with Crippen molar-refractivity contribution in [3.8, 4) is 0 Å². The van der Waals surface area contributed by atoms with Gasteiger partial charge in [-0.25, -0.2) is 0 Å². The molecule has 0 spiro atoms. The largest absolute Gasteiger partial charge is 0.350 e. The van der Waals surface area contributed by atoms with Gasteiger partial charge in [0.2, 0.25) is 5.91 Å². The first-order chi connectivity index (χ1) is 6.34. The highest BCUT2D eigenvalue weighted by atomic mass is 16.2. The zero-order chi connectivity index (χ0) is 11.3. The van der Waals surface area contributed by atoms with E-state index in [2.05, 4.69) is 24.1 Å². The summed E-state index contributed by atoms with van der Waals surface area (Å²) >= 11 is 0. The Hall–Kier alpha value is -0.610. The number of nitrogens with zero attached hydrogens (tertiary/aromatic N) is 1. The molecule has 1 amide bonds. The van der Waals surface area contributed by atoms with E-state index >= 15 is 0 Å². The van der Waals surface area contributed by atoms with E-state index in [0.717, 1.165) is 6.54 Å². The number of hydrogen-bond acceptors (Lipinski definition) is 3. The molecule has 0 saturated carbocycles. The Kier molecular flexibility index (Phi) is 5.72. The third kappa shape index (κ3) is 5.19. The summed E-state index contributed by atoms with van der Waals surface area (Å²) in [5.41, 5.74) is 5.49. The van der Waals surface area contributed by atoms with Gasteiger partial charge in [-0.05, 0) is 26.9 Å². The van der Waals surface area contributed by atoms with Crippen LogP contribution in [0.2, 0.25) is 0 Å². The van der Waals surface area contributed by atoms with Crippen LogP contribution in [0.3, 0.4) is 0 Å². The molecule has 2 unspecified atom stereocenters. The fourth-order valence-corrected chi connectivity index (χ4v) is 1.13. The number of rotatable bonds is 5. The van der Waals surface area contributed by atoms with Crippen molar-refractivity contribution in [2.24, 2.45) is 11.7 Å². The SMILES string of the molecule is CC(N)C(=O)NC(CN(C)C)C(C)C. The Morgan fingerprint density at radius 3 is 2.14 bits per heavy atom. The number of carbonyl (C=O) groups excluding carboxylic acids is 1. The summed E-state index contributed by atoms with van der Waals surface area (Å²) in [5, 5.41) is 2.94. The molecular weight excluding hydrogens is 178 g/mol. The Bertz CT molecular complexity index is 178. The van der Waals surface area contributed by atoms with Gasteiger partial charge in [-0.2, -0.15) is 0 Å². The van der Waals surface area contributed by atoms with Crippen LogP contribution in [0.25, 0.3) is 0 Å². The van der Waals surface area contributed by atoms with E-state index in [1.807, 2.05) is 14.1 Å². The van der Waals surface area contributed by atoms with Crippen LogP contribution in [-0.2, 0) is 4.79 Å². The highest BCUT2D eigenvalue weighted by Gasteiger charge is 2.18. The number of nitrogens with one attached hydrogen (secondary N) is 1. The molecule has 0 aromatic carbocycles. The van der Waals surface area contributed by atoms with Gasteiger partial charge in [-0.3, -0.25) is 4.79 Å². The standard InChI is InChI=1S/C10H23N3O/c1-7(2)9(6-13(4)5)12-10(14)8(3)11/h7-9H,6,11H2,1-5H3,(H,12,14). The maximum atomic E-state index is 11.4. The molecule has 0 bridgehead atoms. The topological polar surface area (TPSA) is 58.4 Å². The van der Waals surface area contributed by atoms with E-state index in [-0.39, 0.29) is 11.9 Å². The summed E-state index contributed by atoms with van der Waals surface area (Å²) < 4.78 is 0. The van der Waals surface area contributed by atoms with Gasteiger partial charge in [0.1, 0.15) is 0 Å². The van der Waals surface area contributed by atoms with Crippen molar-refractivity contribution < 1.29 is 4.79 Å². The molecule has 84 valence electrons. The number of likely N-dealkylation sites (N-methyl/N-ethyl adjacent to an activating group) is 1. The summed E-state index contributed by atoms with van der Waals surface area (Å²) in [6, 6.07) is -0.262. The molecule has 0 saturated heterocycles. The van der Waals surface area contributed by atoms with Gasteiger partial charge >= 0.3 is 0 Å². The van der Waals surface area contributed by atoms with E-state index in [9.17, 15) is 4.79 Å². The van der Waals surface area contributed by atoms with E-state index in [4.69, 9.17) is 5.73 Å². The predicted octanol–water partition coefficient (Wildman–Crippen LogP) is 0.0360. The maximum absolute atomic E-state index is 11.4. The average molecular weight is 201 g/mol. The normalized spacial score (nSPS) is 15.7. The summed E-state index contributed by atoms with van der Waals surface area (Å²) in [7, 11) is 3.99. The molecule has 3 N–H and O–H groups in total. The second kappa shape index (κ2) is 5.98. The average Bonchev–Trinajstić information content (AvgIpc) is 2.01. The molecule has 0 fully saturated rings. The summed E-state index contributed by atoms with van der Waals surface area (Å²) in [5.74, 6) is 0.339. The van der Waals surface area contributed by atoms with Gasteiger partial charge in [-0.1, -0.05) is 13.8 Å². The quantitative estimate of drug-likeness (QED) is 0.660. The lowest BCUT2D eigenvalue weighted by molar-refractivity contribution is -0.123. The van der Waals surface area contributed by atoms with E-state index in [1.54, 1.807) is 6.92 Å². The third-order valence-corrected chi connectivity index (χ3v) is 2.11. The van der Waals surface area contributed by atoms with Crippen LogP contribution in [0.4, 0.5) is 0 Å². The van der Waals surface area contributed by atoms with E-state index < -0.39 is 6.04 Å². The van der Waals surface area contributed by atoms with Gasteiger partial charge in [0.05, 0.1) is 6.04 Å². The lowest BCUT2D eigenvalue weighted by Crippen LogP contribution is -2.49. The highest BCUT2D eigenvalue weighted by molar-refractivity contribution is 5.81. The lowest BCUT2D eigenvalue weighted by atomic mass is 10.0. The Morgan fingerprint density at radius 1 is 1.36 bits per heavy atom.